The Morgan fingerprint density at radius 2 is 1.85 bits per heavy atom. The Hall–Kier alpha value is -1.03. The number of anilines is 1. The first kappa shape index (κ1) is 15.4. The van der Waals surface area contributed by atoms with Gasteiger partial charge in [0.25, 0.3) is 5.91 Å². The van der Waals surface area contributed by atoms with Crippen molar-refractivity contribution in [2.75, 3.05) is 11.2 Å². The maximum absolute atomic E-state index is 12.1. The van der Waals surface area contributed by atoms with Gasteiger partial charge in [-0.15, -0.1) is 11.6 Å². The topological polar surface area (TPSA) is 29.1 Å². The smallest absolute Gasteiger partial charge is 0.255 e. The van der Waals surface area contributed by atoms with Crippen molar-refractivity contribution in [2.24, 2.45) is 0 Å². The zero-order valence-corrected chi connectivity index (χ0v) is 13.6. The van der Waals surface area contributed by atoms with Crippen LogP contribution in [0, 0.1) is 0 Å². The van der Waals surface area contributed by atoms with Crippen molar-refractivity contribution in [3.05, 3.63) is 63.1 Å². The predicted molar refractivity (Wildman–Crippen MR) is 88.0 cm³/mol. The van der Waals surface area contributed by atoms with Crippen LogP contribution in [0.15, 0.2) is 46.9 Å². The molecule has 2 rings (SSSR count). The van der Waals surface area contributed by atoms with Gasteiger partial charge in [-0.05, 0) is 42.3 Å². The molecule has 20 heavy (non-hydrogen) atoms. The molecule has 0 saturated heterocycles. The van der Waals surface area contributed by atoms with Crippen LogP contribution in [0.2, 0.25) is 5.02 Å². The average Bonchev–Trinajstić information content (AvgIpc) is 2.40. The fourth-order valence-electron chi connectivity index (χ4n) is 1.75. The maximum atomic E-state index is 12.1. The quantitative estimate of drug-likeness (QED) is 0.740. The summed E-state index contributed by atoms with van der Waals surface area (Å²) in [6, 6.07) is 12.7. The van der Waals surface area contributed by atoms with Crippen molar-refractivity contribution in [1.29, 1.82) is 0 Å². The standard InChI is InChI=1S/C15H12BrCl2NO/c16-12-7-11(8-13(18)9-12)15(20)19-14-3-1-10(2-4-14)5-6-17/h1-4,7-9H,5-6H2,(H,19,20). The molecule has 0 aliphatic carbocycles. The van der Waals surface area contributed by atoms with Crippen molar-refractivity contribution in [3.8, 4) is 0 Å². The highest BCUT2D eigenvalue weighted by atomic mass is 79.9. The molecule has 0 unspecified atom stereocenters. The number of amides is 1. The molecule has 1 N–H and O–H groups in total. The van der Waals surface area contributed by atoms with Crippen LogP contribution < -0.4 is 5.32 Å². The molecule has 0 aliphatic rings. The van der Waals surface area contributed by atoms with Gasteiger partial charge in [-0.3, -0.25) is 4.79 Å². The fraction of sp³-hybridized carbons (Fsp3) is 0.133. The first-order valence-electron chi connectivity index (χ1n) is 6.01. The van der Waals surface area contributed by atoms with Gasteiger partial charge in [0.1, 0.15) is 0 Å². The molecule has 0 aromatic heterocycles. The van der Waals surface area contributed by atoms with E-state index in [1.807, 2.05) is 24.3 Å². The molecule has 2 aromatic carbocycles. The van der Waals surface area contributed by atoms with E-state index < -0.39 is 0 Å². The predicted octanol–water partition coefficient (Wildman–Crippen LogP) is 5.14. The number of hydrogen-bond acceptors (Lipinski definition) is 1. The van der Waals surface area contributed by atoms with Crippen molar-refractivity contribution >= 4 is 50.7 Å². The van der Waals surface area contributed by atoms with E-state index in [2.05, 4.69) is 21.2 Å². The summed E-state index contributed by atoms with van der Waals surface area (Å²) in [5.41, 5.74) is 2.39. The number of rotatable bonds is 4. The van der Waals surface area contributed by atoms with Crippen LogP contribution in [0.3, 0.4) is 0 Å². The highest BCUT2D eigenvalue weighted by Gasteiger charge is 2.08. The summed E-state index contributed by atoms with van der Waals surface area (Å²) < 4.78 is 0.771. The number of alkyl halides is 1. The van der Waals surface area contributed by atoms with Crippen molar-refractivity contribution in [2.45, 2.75) is 6.42 Å². The molecule has 0 spiro atoms. The molecule has 0 heterocycles. The number of carbonyl (C=O) groups is 1. The molecule has 2 nitrogen and oxygen atoms in total. The number of hydrogen-bond donors (Lipinski definition) is 1. The Kier molecular flexibility index (Phi) is 5.46. The Morgan fingerprint density at radius 1 is 1.15 bits per heavy atom. The molecule has 5 heteroatoms. The third-order valence-corrected chi connectivity index (χ3v) is 3.58. The summed E-state index contributed by atoms with van der Waals surface area (Å²) >= 11 is 14.9. The third kappa shape index (κ3) is 4.23. The minimum absolute atomic E-state index is 0.196. The van der Waals surface area contributed by atoms with E-state index >= 15 is 0 Å². The van der Waals surface area contributed by atoms with Gasteiger partial charge in [-0.2, -0.15) is 0 Å². The fourth-order valence-corrected chi connectivity index (χ4v) is 2.83. The summed E-state index contributed by atoms with van der Waals surface area (Å²) in [5, 5.41) is 3.35. The van der Waals surface area contributed by atoms with Crippen molar-refractivity contribution < 1.29 is 4.79 Å². The first-order valence-corrected chi connectivity index (χ1v) is 7.71. The van der Waals surface area contributed by atoms with E-state index in [0.29, 0.717) is 16.5 Å². The molecule has 1 amide bonds. The van der Waals surface area contributed by atoms with E-state index in [1.54, 1.807) is 18.2 Å². The zero-order valence-electron chi connectivity index (χ0n) is 10.5. The lowest BCUT2D eigenvalue weighted by atomic mass is 10.1. The van der Waals surface area contributed by atoms with E-state index in [0.717, 1.165) is 22.1 Å². The van der Waals surface area contributed by atoms with Gasteiger partial charge in [0, 0.05) is 26.6 Å². The van der Waals surface area contributed by atoms with E-state index in [1.165, 1.54) is 0 Å². The SMILES string of the molecule is O=C(Nc1ccc(CCCl)cc1)c1cc(Cl)cc(Br)c1. The summed E-state index contributed by atoms with van der Waals surface area (Å²) in [4.78, 5) is 12.1. The van der Waals surface area contributed by atoms with Crippen LogP contribution in [0.4, 0.5) is 5.69 Å². The molecular formula is C15H12BrCl2NO. The molecule has 0 fully saturated rings. The molecule has 104 valence electrons. The number of nitrogens with one attached hydrogen (secondary N) is 1. The first-order chi connectivity index (χ1) is 9.58. The Labute approximate surface area is 136 Å². The van der Waals surface area contributed by atoms with Crippen molar-refractivity contribution in [1.82, 2.24) is 0 Å². The number of aryl methyl sites for hydroxylation is 1. The van der Waals surface area contributed by atoms with Crippen LogP contribution >= 0.6 is 39.1 Å². The molecule has 0 aliphatic heterocycles. The molecule has 0 radical (unpaired) electrons. The van der Waals surface area contributed by atoms with Gasteiger partial charge >= 0.3 is 0 Å². The molecular weight excluding hydrogens is 361 g/mol. The van der Waals surface area contributed by atoms with Crippen molar-refractivity contribution in [3.63, 3.8) is 0 Å². The Morgan fingerprint density at radius 3 is 2.45 bits per heavy atom. The van der Waals surface area contributed by atoms with E-state index in [-0.39, 0.29) is 5.91 Å². The van der Waals surface area contributed by atoms with Crippen LogP contribution in [0.1, 0.15) is 15.9 Å². The summed E-state index contributed by atoms with van der Waals surface area (Å²) in [6.45, 7) is 0. The summed E-state index contributed by atoms with van der Waals surface area (Å²) in [5.74, 6) is 0.390. The van der Waals surface area contributed by atoms with Gasteiger partial charge in [-0.1, -0.05) is 39.7 Å². The third-order valence-electron chi connectivity index (χ3n) is 2.72. The highest BCUT2D eigenvalue weighted by Crippen LogP contribution is 2.20. The Bertz CT molecular complexity index is 594. The van der Waals surface area contributed by atoms with Gasteiger partial charge in [0.15, 0.2) is 0 Å². The van der Waals surface area contributed by atoms with Crippen LogP contribution in [-0.4, -0.2) is 11.8 Å². The molecule has 0 saturated carbocycles. The monoisotopic (exact) mass is 371 g/mol. The zero-order chi connectivity index (χ0) is 14.5. The summed E-state index contributed by atoms with van der Waals surface area (Å²) in [6.07, 6.45) is 0.816. The number of carbonyl (C=O) groups excluding carboxylic acids is 1. The summed E-state index contributed by atoms with van der Waals surface area (Å²) in [7, 11) is 0. The lowest BCUT2D eigenvalue weighted by Crippen LogP contribution is -2.11. The average molecular weight is 373 g/mol. The maximum Gasteiger partial charge on any atom is 0.255 e. The van der Waals surface area contributed by atoms with Crippen LogP contribution in [-0.2, 0) is 6.42 Å². The van der Waals surface area contributed by atoms with E-state index in [9.17, 15) is 4.79 Å². The number of halogens is 3. The van der Waals surface area contributed by atoms with Gasteiger partial charge in [-0.25, -0.2) is 0 Å². The van der Waals surface area contributed by atoms with Gasteiger partial charge in [0.05, 0.1) is 0 Å². The number of benzene rings is 2. The molecule has 2 aromatic rings. The minimum Gasteiger partial charge on any atom is -0.322 e. The normalized spacial score (nSPS) is 10.3. The largest absolute Gasteiger partial charge is 0.322 e. The molecule has 0 bridgehead atoms. The van der Waals surface area contributed by atoms with Gasteiger partial charge < -0.3 is 5.32 Å². The second-order valence-electron chi connectivity index (χ2n) is 4.25. The lowest BCUT2D eigenvalue weighted by Gasteiger charge is -2.07. The second kappa shape index (κ2) is 7.11. The minimum atomic E-state index is -0.196. The second-order valence-corrected chi connectivity index (χ2v) is 5.98. The van der Waals surface area contributed by atoms with Gasteiger partial charge in [0.2, 0.25) is 0 Å². The highest BCUT2D eigenvalue weighted by molar-refractivity contribution is 9.10. The van der Waals surface area contributed by atoms with Crippen LogP contribution in [0.5, 0.6) is 0 Å². The van der Waals surface area contributed by atoms with E-state index in [4.69, 9.17) is 23.2 Å². The lowest BCUT2D eigenvalue weighted by molar-refractivity contribution is 0.102. The van der Waals surface area contributed by atoms with Crippen LogP contribution in [0.25, 0.3) is 0 Å². The Balaban J connectivity index is 2.10. The molecule has 0 atom stereocenters.